The molecule has 21 heavy (non-hydrogen) atoms. The maximum Gasteiger partial charge on any atom is 0.223 e. The van der Waals surface area contributed by atoms with Gasteiger partial charge in [0, 0.05) is 16.6 Å². The zero-order chi connectivity index (χ0) is 15.2. The Morgan fingerprint density at radius 1 is 1.43 bits per heavy atom. The molecule has 2 rings (SSSR count). The summed E-state index contributed by atoms with van der Waals surface area (Å²) in [5, 5.41) is 2.92. The predicted molar refractivity (Wildman–Crippen MR) is 86.9 cm³/mol. The lowest BCUT2D eigenvalue weighted by Gasteiger charge is -2.12. The Labute approximate surface area is 132 Å². The number of halogens is 1. The molecule has 0 saturated heterocycles. The fourth-order valence-corrected chi connectivity index (χ4v) is 2.87. The zero-order valence-electron chi connectivity index (χ0n) is 11.6. The van der Waals surface area contributed by atoms with E-state index >= 15 is 0 Å². The van der Waals surface area contributed by atoms with Gasteiger partial charge in [-0.05, 0) is 31.2 Å². The second kappa shape index (κ2) is 7.33. The first-order chi connectivity index (χ1) is 10.0. The van der Waals surface area contributed by atoms with Crippen molar-refractivity contribution in [1.82, 2.24) is 5.32 Å². The Bertz CT molecular complexity index is 615. The lowest BCUT2D eigenvalue weighted by atomic mass is 10.2. The molecule has 3 N–H and O–H groups in total. The van der Waals surface area contributed by atoms with Gasteiger partial charge in [0.15, 0.2) is 0 Å². The van der Waals surface area contributed by atoms with Gasteiger partial charge in [-0.3, -0.25) is 4.79 Å². The average Bonchev–Trinajstić information content (AvgIpc) is 2.85. The van der Waals surface area contributed by atoms with Crippen molar-refractivity contribution in [3.05, 3.63) is 45.6 Å². The number of nitrogens with one attached hydrogen (secondary N) is 1. The van der Waals surface area contributed by atoms with Crippen LogP contribution in [0.4, 0.5) is 5.69 Å². The number of amides is 1. The summed E-state index contributed by atoms with van der Waals surface area (Å²) >= 11 is 7.35. The highest BCUT2D eigenvalue weighted by atomic mass is 35.5. The van der Waals surface area contributed by atoms with Gasteiger partial charge in [0.05, 0.1) is 23.4 Å². The van der Waals surface area contributed by atoms with Gasteiger partial charge < -0.3 is 15.8 Å². The van der Waals surface area contributed by atoms with E-state index in [2.05, 4.69) is 5.32 Å². The second-order valence-electron chi connectivity index (χ2n) is 4.60. The third-order valence-corrected chi connectivity index (χ3v) is 4.27. The average molecular weight is 325 g/mol. The molecule has 1 atom stereocenters. The fourth-order valence-electron chi connectivity index (χ4n) is 1.81. The van der Waals surface area contributed by atoms with E-state index in [0.29, 0.717) is 18.0 Å². The molecule has 0 aliphatic heterocycles. The van der Waals surface area contributed by atoms with Crippen LogP contribution in [0.15, 0.2) is 36.4 Å². The highest BCUT2D eigenvalue weighted by Crippen LogP contribution is 2.26. The number of benzene rings is 1. The SMILES string of the molecule is CC(NC(=O)CCOc1cccc(N)c1)c1ccc(Cl)s1. The predicted octanol–water partition coefficient (Wildman–Crippen LogP) is 3.63. The smallest absolute Gasteiger partial charge is 0.223 e. The van der Waals surface area contributed by atoms with Crippen LogP contribution >= 0.6 is 22.9 Å². The number of carbonyl (C=O) groups is 1. The van der Waals surface area contributed by atoms with Crippen molar-refractivity contribution in [3.63, 3.8) is 0 Å². The minimum Gasteiger partial charge on any atom is -0.493 e. The van der Waals surface area contributed by atoms with Gasteiger partial charge in [0.1, 0.15) is 5.75 Å². The van der Waals surface area contributed by atoms with E-state index in [1.54, 1.807) is 12.1 Å². The van der Waals surface area contributed by atoms with Crippen molar-refractivity contribution in [3.8, 4) is 5.75 Å². The number of hydrogen-bond acceptors (Lipinski definition) is 4. The fraction of sp³-hybridized carbons (Fsp3) is 0.267. The van der Waals surface area contributed by atoms with Crippen molar-refractivity contribution in [2.75, 3.05) is 12.3 Å². The minimum atomic E-state index is -0.0593. The maximum atomic E-state index is 11.8. The van der Waals surface area contributed by atoms with Gasteiger partial charge in [-0.1, -0.05) is 17.7 Å². The molecular weight excluding hydrogens is 308 g/mol. The third-order valence-electron chi connectivity index (χ3n) is 2.85. The van der Waals surface area contributed by atoms with Crippen molar-refractivity contribution in [2.45, 2.75) is 19.4 Å². The van der Waals surface area contributed by atoms with Gasteiger partial charge in [-0.25, -0.2) is 0 Å². The topological polar surface area (TPSA) is 64.3 Å². The molecule has 0 spiro atoms. The molecule has 1 heterocycles. The van der Waals surface area contributed by atoms with E-state index in [-0.39, 0.29) is 18.4 Å². The molecule has 0 fully saturated rings. The molecular formula is C15H17ClN2O2S. The molecule has 1 aromatic heterocycles. The number of carbonyl (C=O) groups excluding carboxylic acids is 1. The maximum absolute atomic E-state index is 11.8. The quantitative estimate of drug-likeness (QED) is 0.797. The summed E-state index contributed by atoms with van der Waals surface area (Å²) in [6.45, 7) is 2.24. The highest BCUT2D eigenvalue weighted by Gasteiger charge is 2.11. The molecule has 4 nitrogen and oxygen atoms in total. The van der Waals surface area contributed by atoms with Gasteiger partial charge in [0.25, 0.3) is 0 Å². The van der Waals surface area contributed by atoms with E-state index in [1.807, 2.05) is 31.2 Å². The lowest BCUT2D eigenvalue weighted by molar-refractivity contribution is -0.122. The number of rotatable bonds is 6. The third kappa shape index (κ3) is 4.95. The van der Waals surface area contributed by atoms with Crippen molar-refractivity contribution >= 4 is 34.5 Å². The van der Waals surface area contributed by atoms with Crippen LogP contribution in [0.25, 0.3) is 0 Å². The van der Waals surface area contributed by atoms with Crippen LogP contribution in [0.2, 0.25) is 4.34 Å². The Morgan fingerprint density at radius 3 is 2.90 bits per heavy atom. The molecule has 1 unspecified atom stereocenters. The second-order valence-corrected chi connectivity index (χ2v) is 6.35. The van der Waals surface area contributed by atoms with Crippen molar-refractivity contribution in [1.29, 1.82) is 0 Å². The molecule has 1 aromatic carbocycles. The molecule has 0 radical (unpaired) electrons. The first-order valence-corrected chi connectivity index (χ1v) is 7.77. The van der Waals surface area contributed by atoms with Gasteiger partial charge in [-0.15, -0.1) is 11.3 Å². The van der Waals surface area contributed by atoms with Gasteiger partial charge in [0.2, 0.25) is 5.91 Å². The Kier molecular flexibility index (Phi) is 5.47. The molecule has 0 saturated carbocycles. The largest absolute Gasteiger partial charge is 0.493 e. The highest BCUT2D eigenvalue weighted by molar-refractivity contribution is 7.16. The van der Waals surface area contributed by atoms with Crippen LogP contribution < -0.4 is 15.8 Å². The van der Waals surface area contributed by atoms with E-state index < -0.39 is 0 Å². The molecule has 0 bridgehead atoms. The molecule has 112 valence electrons. The van der Waals surface area contributed by atoms with Crippen LogP contribution in [0.1, 0.15) is 24.3 Å². The zero-order valence-corrected chi connectivity index (χ0v) is 13.2. The number of nitrogens with two attached hydrogens (primary N) is 1. The van der Waals surface area contributed by atoms with Crippen molar-refractivity contribution < 1.29 is 9.53 Å². The number of ether oxygens (including phenoxy) is 1. The Hall–Kier alpha value is -1.72. The minimum absolute atomic E-state index is 0.0534. The lowest BCUT2D eigenvalue weighted by Crippen LogP contribution is -2.27. The standard InChI is InChI=1S/C15H17ClN2O2S/c1-10(13-5-6-14(16)21-13)18-15(19)7-8-20-12-4-2-3-11(17)9-12/h2-6,9-10H,7-8,17H2,1H3,(H,18,19). The summed E-state index contributed by atoms with van der Waals surface area (Å²) in [6.07, 6.45) is 0.290. The number of anilines is 1. The number of nitrogen functional groups attached to an aromatic ring is 1. The van der Waals surface area contributed by atoms with Gasteiger partial charge in [-0.2, -0.15) is 0 Å². The van der Waals surface area contributed by atoms with Crippen LogP contribution in [-0.2, 0) is 4.79 Å². The van der Waals surface area contributed by atoms with E-state index in [0.717, 1.165) is 9.21 Å². The normalized spacial score (nSPS) is 11.9. The van der Waals surface area contributed by atoms with Crippen LogP contribution in [0, 0.1) is 0 Å². The Morgan fingerprint density at radius 2 is 2.24 bits per heavy atom. The Balaban J connectivity index is 1.75. The summed E-state index contributed by atoms with van der Waals surface area (Å²) < 4.78 is 6.21. The van der Waals surface area contributed by atoms with E-state index in [4.69, 9.17) is 22.1 Å². The van der Waals surface area contributed by atoms with Crippen LogP contribution in [0.5, 0.6) is 5.75 Å². The first-order valence-electron chi connectivity index (χ1n) is 6.57. The van der Waals surface area contributed by atoms with Crippen LogP contribution in [-0.4, -0.2) is 12.5 Å². The summed E-state index contributed by atoms with van der Waals surface area (Å²) in [4.78, 5) is 12.9. The van der Waals surface area contributed by atoms with Crippen LogP contribution in [0.3, 0.4) is 0 Å². The summed E-state index contributed by atoms with van der Waals surface area (Å²) in [5.74, 6) is 0.608. The number of thiophene rings is 1. The molecule has 6 heteroatoms. The number of hydrogen-bond donors (Lipinski definition) is 2. The first kappa shape index (κ1) is 15.7. The molecule has 0 aliphatic carbocycles. The molecule has 0 aliphatic rings. The van der Waals surface area contributed by atoms with E-state index in [9.17, 15) is 4.79 Å². The summed E-state index contributed by atoms with van der Waals surface area (Å²) in [6, 6.07) is 10.8. The van der Waals surface area contributed by atoms with Crippen molar-refractivity contribution in [2.24, 2.45) is 0 Å². The monoisotopic (exact) mass is 324 g/mol. The van der Waals surface area contributed by atoms with Gasteiger partial charge >= 0.3 is 0 Å². The molecule has 2 aromatic rings. The molecule has 1 amide bonds. The summed E-state index contributed by atoms with van der Waals surface area (Å²) in [5.41, 5.74) is 6.29. The van der Waals surface area contributed by atoms with E-state index in [1.165, 1.54) is 11.3 Å². The summed E-state index contributed by atoms with van der Waals surface area (Å²) in [7, 11) is 0.